The van der Waals surface area contributed by atoms with Crippen LogP contribution in [0.2, 0.25) is 0 Å². The average Bonchev–Trinajstić information content (AvgIpc) is 2.14. The molecule has 0 aromatic rings. The van der Waals surface area contributed by atoms with E-state index in [1.165, 1.54) is 0 Å². The highest BCUT2D eigenvalue weighted by molar-refractivity contribution is 5.79. The normalized spacial score (nSPS) is 15.5. The summed E-state index contributed by atoms with van der Waals surface area (Å²) in [6.07, 6.45) is -0.487. The van der Waals surface area contributed by atoms with Crippen LogP contribution in [0, 0.1) is 17.8 Å². The first-order valence-corrected chi connectivity index (χ1v) is 5.56. The molecule has 0 radical (unpaired) electrons. The number of rotatable bonds is 6. The van der Waals surface area contributed by atoms with Crippen LogP contribution in [0.1, 0.15) is 27.7 Å². The van der Waals surface area contributed by atoms with E-state index in [1.54, 1.807) is 0 Å². The maximum absolute atomic E-state index is 11.6. The second-order valence-corrected chi connectivity index (χ2v) is 4.64. The average molecular weight is 216 g/mol. The van der Waals surface area contributed by atoms with Crippen molar-refractivity contribution in [2.45, 2.75) is 33.8 Å². The molecule has 0 rings (SSSR count). The number of aliphatic hydroxyl groups excluding tert-OH is 1. The number of nitrogens with one attached hydrogen (secondary N) is 1. The van der Waals surface area contributed by atoms with E-state index < -0.39 is 6.10 Å². The lowest BCUT2D eigenvalue weighted by Gasteiger charge is -2.20. The summed E-state index contributed by atoms with van der Waals surface area (Å²) in [5.41, 5.74) is 5.52. The van der Waals surface area contributed by atoms with Crippen LogP contribution in [0.5, 0.6) is 0 Å². The number of hydrogen-bond acceptors (Lipinski definition) is 3. The smallest absolute Gasteiger partial charge is 0.224 e. The Balaban J connectivity index is 4.02. The third-order valence-electron chi connectivity index (χ3n) is 2.65. The zero-order valence-electron chi connectivity index (χ0n) is 10.2. The van der Waals surface area contributed by atoms with Crippen molar-refractivity contribution in [2.24, 2.45) is 23.5 Å². The van der Waals surface area contributed by atoms with Gasteiger partial charge in [-0.1, -0.05) is 27.7 Å². The second kappa shape index (κ2) is 6.80. The van der Waals surface area contributed by atoms with E-state index in [-0.39, 0.29) is 23.7 Å². The quantitative estimate of drug-likeness (QED) is 0.599. The first-order chi connectivity index (χ1) is 6.90. The van der Waals surface area contributed by atoms with Gasteiger partial charge in [0, 0.05) is 13.1 Å². The second-order valence-electron chi connectivity index (χ2n) is 4.64. The lowest BCUT2D eigenvalue weighted by Crippen LogP contribution is -2.42. The van der Waals surface area contributed by atoms with E-state index in [1.807, 2.05) is 27.7 Å². The van der Waals surface area contributed by atoms with Gasteiger partial charge in [-0.05, 0) is 11.8 Å². The molecule has 4 nitrogen and oxygen atoms in total. The maximum atomic E-state index is 11.6. The molecule has 2 atom stereocenters. The third kappa shape index (κ3) is 5.14. The van der Waals surface area contributed by atoms with Crippen molar-refractivity contribution in [3.05, 3.63) is 0 Å². The Labute approximate surface area is 92.2 Å². The summed E-state index contributed by atoms with van der Waals surface area (Å²) < 4.78 is 0. The molecule has 4 heteroatoms. The van der Waals surface area contributed by atoms with Gasteiger partial charge in [0.2, 0.25) is 5.91 Å². The van der Waals surface area contributed by atoms with Crippen LogP contribution in [0.3, 0.4) is 0 Å². The largest absolute Gasteiger partial charge is 0.391 e. The van der Waals surface area contributed by atoms with Crippen LogP contribution in [0.4, 0.5) is 0 Å². The lowest BCUT2D eigenvalue weighted by atomic mass is 9.95. The van der Waals surface area contributed by atoms with Gasteiger partial charge in [0.05, 0.1) is 12.0 Å². The number of nitrogens with two attached hydrogens (primary N) is 1. The Hall–Kier alpha value is -0.610. The van der Waals surface area contributed by atoms with Crippen LogP contribution in [0.25, 0.3) is 0 Å². The molecule has 0 aliphatic carbocycles. The first kappa shape index (κ1) is 14.4. The summed E-state index contributed by atoms with van der Waals surface area (Å²) in [6, 6.07) is 0. The molecule has 4 N–H and O–H groups in total. The third-order valence-corrected chi connectivity index (χ3v) is 2.65. The molecule has 0 aliphatic rings. The Bertz CT molecular complexity index is 193. The van der Waals surface area contributed by atoms with E-state index >= 15 is 0 Å². The number of aliphatic hydroxyl groups is 1. The van der Waals surface area contributed by atoms with E-state index in [2.05, 4.69) is 5.32 Å². The molecule has 90 valence electrons. The molecule has 0 saturated carbocycles. The predicted molar refractivity (Wildman–Crippen MR) is 61.2 cm³/mol. The molecular weight excluding hydrogens is 192 g/mol. The highest BCUT2D eigenvalue weighted by Crippen LogP contribution is 2.09. The van der Waals surface area contributed by atoms with Crippen LogP contribution in [-0.4, -0.2) is 30.2 Å². The monoisotopic (exact) mass is 216 g/mol. The number of hydrogen-bond donors (Lipinski definition) is 3. The Morgan fingerprint density at radius 1 is 1.27 bits per heavy atom. The summed E-state index contributed by atoms with van der Waals surface area (Å²) in [6.45, 7) is 8.42. The minimum absolute atomic E-state index is 0.0628. The first-order valence-electron chi connectivity index (χ1n) is 5.56. The van der Waals surface area contributed by atoms with Gasteiger partial charge in [0.25, 0.3) is 0 Å². The summed E-state index contributed by atoms with van der Waals surface area (Å²) >= 11 is 0. The minimum Gasteiger partial charge on any atom is -0.391 e. The number of carbonyl (C=O) groups is 1. The lowest BCUT2D eigenvalue weighted by molar-refractivity contribution is -0.126. The van der Waals surface area contributed by atoms with E-state index in [4.69, 9.17) is 5.73 Å². The van der Waals surface area contributed by atoms with Gasteiger partial charge >= 0.3 is 0 Å². The van der Waals surface area contributed by atoms with Crippen molar-refractivity contribution in [1.29, 1.82) is 0 Å². The van der Waals surface area contributed by atoms with Crippen molar-refractivity contribution in [3.8, 4) is 0 Å². The summed E-state index contributed by atoms with van der Waals surface area (Å²) in [5, 5.41) is 12.2. The van der Waals surface area contributed by atoms with Crippen molar-refractivity contribution < 1.29 is 9.90 Å². The minimum atomic E-state index is -0.487. The van der Waals surface area contributed by atoms with Gasteiger partial charge in [-0.25, -0.2) is 0 Å². The Morgan fingerprint density at radius 3 is 2.13 bits per heavy atom. The van der Waals surface area contributed by atoms with Crippen LogP contribution >= 0.6 is 0 Å². The van der Waals surface area contributed by atoms with Gasteiger partial charge in [0.1, 0.15) is 0 Å². The molecule has 0 heterocycles. The van der Waals surface area contributed by atoms with E-state index in [0.717, 1.165) is 0 Å². The number of carbonyl (C=O) groups excluding carboxylic acids is 1. The van der Waals surface area contributed by atoms with Crippen LogP contribution < -0.4 is 11.1 Å². The summed E-state index contributed by atoms with van der Waals surface area (Å²) in [7, 11) is 0. The summed E-state index contributed by atoms with van der Waals surface area (Å²) in [4.78, 5) is 11.6. The molecule has 0 saturated heterocycles. The molecule has 0 fully saturated rings. The zero-order valence-corrected chi connectivity index (χ0v) is 10.2. The standard InChI is InChI=1S/C11H24N2O2/c1-7(2)9(5-12)11(15)13-6-10(14)8(3)4/h7-10,14H,5-6,12H2,1-4H3,(H,13,15). The SMILES string of the molecule is CC(C)C(O)CNC(=O)C(CN)C(C)C. The predicted octanol–water partition coefficient (Wildman–Crippen LogP) is 0.350. The number of amides is 1. The fourth-order valence-electron chi connectivity index (χ4n) is 1.25. The van der Waals surface area contributed by atoms with E-state index in [9.17, 15) is 9.90 Å². The molecule has 1 amide bonds. The van der Waals surface area contributed by atoms with Gasteiger partial charge < -0.3 is 16.2 Å². The van der Waals surface area contributed by atoms with Crippen molar-refractivity contribution in [2.75, 3.05) is 13.1 Å². The Morgan fingerprint density at radius 2 is 1.80 bits per heavy atom. The molecule has 15 heavy (non-hydrogen) atoms. The van der Waals surface area contributed by atoms with Crippen molar-refractivity contribution in [1.82, 2.24) is 5.32 Å². The maximum Gasteiger partial charge on any atom is 0.224 e. The Kier molecular flexibility index (Phi) is 6.52. The molecule has 0 aromatic heterocycles. The highest BCUT2D eigenvalue weighted by Gasteiger charge is 2.21. The van der Waals surface area contributed by atoms with Crippen molar-refractivity contribution in [3.63, 3.8) is 0 Å². The summed E-state index contributed by atoms with van der Waals surface area (Å²) in [5.74, 6) is 0.156. The fraction of sp³-hybridized carbons (Fsp3) is 0.909. The molecule has 0 spiro atoms. The van der Waals surface area contributed by atoms with E-state index in [0.29, 0.717) is 13.1 Å². The molecule has 0 aromatic carbocycles. The highest BCUT2D eigenvalue weighted by atomic mass is 16.3. The molecular formula is C11H24N2O2. The molecule has 0 bridgehead atoms. The van der Waals surface area contributed by atoms with Crippen molar-refractivity contribution >= 4 is 5.91 Å². The van der Waals surface area contributed by atoms with Gasteiger partial charge in [-0.3, -0.25) is 4.79 Å². The molecule has 2 unspecified atom stereocenters. The topological polar surface area (TPSA) is 75.3 Å². The van der Waals surface area contributed by atoms with Crippen LogP contribution in [-0.2, 0) is 4.79 Å². The zero-order chi connectivity index (χ0) is 12.0. The fourth-order valence-corrected chi connectivity index (χ4v) is 1.25. The van der Waals surface area contributed by atoms with Gasteiger partial charge in [-0.2, -0.15) is 0 Å². The molecule has 0 aliphatic heterocycles. The van der Waals surface area contributed by atoms with Gasteiger partial charge in [-0.15, -0.1) is 0 Å². The van der Waals surface area contributed by atoms with Gasteiger partial charge in [0.15, 0.2) is 0 Å². The van der Waals surface area contributed by atoms with Crippen LogP contribution in [0.15, 0.2) is 0 Å².